The second-order valence-corrected chi connectivity index (χ2v) is 5.75. The largest absolute Gasteiger partial charge is 0.399 e. The number of fused-ring (bicyclic) bond motifs is 1. The van der Waals surface area contributed by atoms with Gasteiger partial charge in [-0.2, -0.15) is 5.10 Å². The quantitative estimate of drug-likeness (QED) is 0.604. The number of nitrogen functional groups attached to an aromatic ring is 1. The number of rotatable bonds is 2. The monoisotopic (exact) mass is 364 g/mol. The number of nitrogens with two attached hydrogens (primary N) is 1. The number of carbonyl (C=O) groups is 1. The van der Waals surface area contributed by atoms with Gasteiger partial charge in [0.1, 0.15) is 0 Å². The van der Waals surface area contributed by atoms with Gasteiger partial charge in [0.2, 0.25) is 0 Å². The first kappa shape index (κ1) is 13.9. The van der Waals surface area contributed by atoms with Gasteiger partial charge in [-0.05, 0) is 52.3 Å². The summed E-state index contributed by atoms with van der Waals surface area (Å²) >= 11 is 9.23. The molecule has 0 atom stereocenters. The van der Waals surface area contributed by atoms with Crippen molar-refractivity contribution < 1.29 is 4.79 Å². The minimum absolute atomic E-state index is 0.291. The van der Waals surface area contributed by atoms with Gasteiger partial charge in [-0.1, -0.05) is 11.6 Å². The second kappa shape index (κ2) is 5.38. The molecule has 0 unspecified atom stereocenters. The number of aromatic amines is 1. The fourth-order valence-corrected chi connectivity index (χ4v) is 2.76. The molecule has 0 saturated carbocycles. The summed E-state index contributed by atoms with van der Waals surface area (Å²) in [6.45, 7) is 0. The van der Waals surface area contributed by atoms with E-state index in [1.807, 2.05) is 0 Å². The normalized spacial score (nSPS) is 10.8. The maximum Gasteiger partial charge on any atom is 0.276 e. The van der Waals surface area contributed by atoms with Crippen LogP contribution in [0.1, 0.15) is 10.5 Å². The molecule has 0 aliphatic heterocycles. The summed E-state index contributed by atoms with van der Waals surface area (Å²) in [6.07, 6.45) is 0. The number of hydrogen-bond acceptors (Lipinski definition) is 3. The molecule has 7 heteroatoms. The number of carbonyl (C=O) groups excluding carboxylic acids is 1. The van der Waals surface area contributed by atoms with E-state index in [1.165, 1.54) is 0 Å². The van der Waals surface area contributed by atoms with Crippen molar-refractivity contribution in [2.45, 2.75) is 0 Å². The number of nitrogens with zero attached hydrogens (tertiary/aromatic N) is 1. The Hall–Kier alpha value is -2.05. The minimum Gasteiger partial charge on any atom is -0.399 e. The number of amides is 1. The molecular weight excluding hydrogens is 356 g/mol. The average molecular weight is 366 g/mol. The lowest BCUT2D eigenvalue weighted by molar-refractivity contribution is 0.102. The number of nitrogens with one attached hydrogen (secondary N) is 2. The topological polar surface area (TPSA) is 83.8 Å². The lowest BCUT2D eigenvalue weighted by Crippen LogP contribution is -2.13. The molecule has 1 heterocycles. The average Bonchev–Trinajstić information content (AvgIpc) is 2.85. The molecule has 0 saturated heterocycles. The minimum atomic E-state index is -0.324. The van der Waals surface area contributed by atoms with E-state index in [9.17, 15) is 4.79 Å². The van der Waals surface area contributed by atoms with Gasteiger partial charge in [0.15, 0.2) is 5.69 Å². The van der Waals surface area contributed by atoms with E-state index in [1.54, 1.807) is 36.4 Å². The highest BCUT2D eigenvalue weighted by Gasteiger charge is 2.15. The van der Waals surface area contributed by atoms with Gasteiger partial charge in [-0.25, -0.2) is 0 Å². The molecule has 5 nitrogen and oxygen atoms in total. The van der Waals surface area contributed by atoms with Gasteiger partial charge >= 0.3 is 0 Å². The first-order valence-electron chi connectivity index (χ1n) is 6.04. The van der Waals surface area contributed by atoms with Gasteiger partial charge in [-0.3, -0.25) is 9.89 Å². The third kappa shape index (κ3) is 2.72. The Morgan fingerprint density at radius 3 is 2.86 bits per heavy atom. The third-order valence-corrected chi connectivity index (χ3v) is 3.87. The maximum absolute atomic E-state index is 12.3. The fraction of sp³-hybridized carbons (Fsp3) is 0. The Morgan fingerprint density at radius 1 is 1.29 bits per heavy atom. The zero-order valence-corrected chi connectivity index (χ0v) is 13.0. The fourth-order valence-electron chi connectivity index (χ4n) is 1.98. The van der Waals surface area contributed by atoms with Crippen molar-refractivity contribution in [1.82, 2.24) is 10.2 Å². The number of hydrogen-bond donors (Lipinski definition) is 3. The van der Waals surface area contributed by atoms with Crippen LogP contribution in [0.5, 0.6) is 0 Å². The lowest BCUT2D eigenvalue weighted by Gasteiger charge is -2.06. The molecule has 2 aromatic carbocycles. The molecule has 106 valence electrons. The molecular formula is C14H10BrClN4O. The number of halogens is 2. The van der Waals surface area contributed by atoms with Crippen LogP contribution in [0.2, 0.25) is 5.02 Å². The Bertz CT molecular complexity index is 846. The van der Waals surface area contributed by atoms with E-state index in [0.29, 0.717) is 32.0 Å². The highest BCUT2D eigenvalue weighted by molar-refractivity contribution is 9.10. The molecule has 0 bridgehead atoms. The van der Waals surface area contributed by atoms with Crippen LogP contribution in [0.4, 0.5) is 11.4 Å². The van der Waals surface area contributed by atoms with Crippen LogP contribution in [0.25, 0.3) is 10.9 Å². The van der Waals surface area contributed by atoms with Crippen molar-refractivity contribution in [3.05, 3.63) is 51.6 Å². The van der Waals surface area contributed by atoms with E-state index < -0.39 is 0 Å². The highest BCUT2D eigenvalue weighted by atomic mass is 79.9. The van der Waals surface area contributed by atoms with Crippen LogP contribution in [0.15, 0.2) is 40.9 Å². The zero-order chi connectivity index (χ0) is 15.0. The SMILES string of the molecule is Nc1ccc2[nH]nc(C(=O)Nc3ccc(Cl)cc3Br)c2c1. The Balaban J connectivity index is 1.95. The van der Waals surface area contributed by atoms with Gasteiger partial charge in [-0.15, -0.1) is 0 Å². The van der Waals surface area contributed by atoms with Gasteiger partial charge < -0.3 is 11.1 Å². The molecule has 0 aliphatic rings. The predicted octanol–water partition coefficient (Wildman–Crippen LogP) is 3.81. The van der Waals surface area contributed by atoms with E-state index >= 15 is 0 Å². The third-order valence-electron chi connectivity index (χ3n) is 2.98. The van der Waals surface area contributed by atoms with Crippen LogP contribution < -0.4 is 11.1 Å². The zero-order valence-electron chi connectivity index (χ0n) is 10.7. The number of anilines is 2. The van der Waals surface area contributed by atoms with Crippen molar-refractivity contribution in [2.24, 2.45) is 0 Å². The summed E-state index contributed by atoms with van der Waals surface area (Å²) in [5, 5.41) is 10.9. The van der Waals surface area contributed by atoms with E-state index in [-0.39, 0.29) is 5.91 Å². The summed E-state index contributed by atoms with van der Waals surface area (Å²) in [7, 11) is 0. The van der Waals surface area contributed by atoms with Gasteiger partial charge in [0, 0.05) is 20.6 Å². The van der Waals surface area contributed by atoms with Crippen LogP contribution in [-0.2, 0) is 0 Å². The summed E-state index contributed by atoms with van der Waals surface area (Å²) in [4.78, 5) is 12.3. The molecule has 3 aromatic rings. The molecule has 0 spiro atoms. The highest BCUT2D eigenvalue weighted by Crippen LogP contribution is 2.27. The Morgan fingerprint density at radius 2 is 2.10 bits per heavy atom. The van der Waals surface area contributed by atoms with Crippen molar-refractivity contribution in [2.75, 3.05) is 11.1 Å². The van der Waals surface area contributed by atoms with Gasteiger partial charge in [0.25, 0.3) is 5.91 Å². The van der Waals surface area contributed by atoms with Gasteiger partial charge in [0.05, 0.1) is 11.2 Å². The molecule has 3 rings (SSSR count). The molecule has 0 fully saturated rings. The molecule has 1 aromatic heterocycles. The van der Waals surface area contributed by atoms with Crippen LogP contribution in [0.3, 0.4) is 0 Å². The Labute approximate surface area is 133 Å². The van der Waals surface area contributed by atoms with E-state index in [0.717, 1.165) is 5.52 Å². The molecule has 1 amide bonds. The van der Waals surface area contributed by atoms with E-state index in [4.69, 9.17) is 17.3 Å². The Kier molecular flexibility index (Phi) is 3.57. The van der Waals surface area contributed by atoms with Crippen LogP contribution in [-0.4, -0.2) is 16.1 Å². The predicted molar refractivity (Wildman–Crippen MR) is 87.6 cm³/mol. The van der Waals surface area contributed by atoms with Crippen LogP contribution in [0, 0.1) is 0 Å². The first-order chi connectivity index (χ1) is 10.0. The molecule has 4 N–H and O–H groups in total. The standard InChI is InChI=1S/C14H10BrClN4O/c15-10-5-7(16)1-3-12(10)18-14(21)13-9-6-8(17)2-4-11(9)19-20-13/h1-6H,17H2,(H,18,21)(H,19,20). The summed E-state index contributed by atoms with van der Waals surface area (Å²) in [6, 6.07) is 10.4. The lowest BCUT2D eigenvalue weighted by atomic mass is 10.2. The smallest absolute Gasteiger partial charge is 0.276 e. The maximum atomic E-state index is 12.3. The van der Waals surface area contributed by atoms with Crippen molar-refractivity contribution in [3.63, 3.8) is 0 Å². The van der Waals surface area contributed by atoms with Crippen molar-refractivity contribution in [1.29, 1.82) is 0 Å². The summed E-state index contributed by atoms with van der Waals surface area (Å²) in [5.74, 6) is -0.324. The van der Waals surface area contributed by atoms with Crippen molar-refractivity contribution in [3.8, 4) is 0 Å². The summed E-state index contributed by atoms with van der Waals surface area (Å²) in [5.41, 5.74) is 7.98. The molecule has 0 aliphatic carbocycles. The first-order valence-corrected chi connectivity index (χ1v) is 7.22. The van der Waals surface area contributed by atoms with E-state index in [2.05, 4.69) is 31.4 Å². The molecule has 0 radical (unpaired) electrons. The molecule has 21 heavy (non-hydrogen) atoms. The number of H-pyrrole nitrogens is 1. The number of benzene rings is 2. The second-order valence-electron chi connectivity index (χ2n) is 4.46. The van der Waals surface area contributed by atoms with Crippen molar-refractivity contribution >= 4 is 55.7 Å². The summed E-state index contributed by atoms with van der Waals surface area (Å²) < 4.78 is 0.697. The van der Waals surface area contributed by atoms with Crippen LogP contribution >= 0.6 is 27.5 Å². The number of aromatic nitrogens is 2.